The lowest BCUT2D eigenvalue weighted by molar-refractivity contribution is -0.161. The molecule has 0 N–H and O–H groups in total. The van der Waals surface area contributed by atoms with Crippen LogP contribution in [0.15, 0.2) is 48.5 Å². The van der Waals surface area contributed by atoms with E-state index in [4.69, 9.17) is 42.6 Å². The summed E-state index contributed by atoms with van der Waals surface area (Å²) < 4.78 is 49.3. The van der Waals surface area contributed by atoms with Gasteiger partial charge in [0.25, 0.3) is 0 Å². The minimum atomic E-state index is -0.555. The maximum Gasteiger partial charge on any atom is 0.409 e. The Balaban J connectivity index is 1.37. The zero-order valence-corrected chi connectivity index (χ0v) is 31.6. The summed E-state index contributed by atoms with van der Waals surface area (Å²) in [6.45, 7) is 14.3. The molecular weight excluding hydrogens is 674 g/mol. The lowest BCUT2D eigenvalue weighted by Gasteiger charge is -2.23. The molecule has 0 heterocycles. The number of benzene rings is 2. The van der Waals surface area contributed by atoms with Gasteiger partial charge in [-0.2, -0.15) is 0 Å². The average Bonchev–Trinajstić information content (AvgIpc) is 3.39. The molecule has 1 aliphatic carbocycles. The summed E-state index contributed by atoms with van der Waals surface area (Å²) in [6.07, 6.45) is -0.453. The molecule has 3 rings (SSSR count). The Morgan fingerprint density at radius 3 is 1.31 bits per heavy atom. The summed E-state index contributed by atoms with van der Waals surface area (Å²) in [7, 11) is 0. The summed E-state index contributed by atoms with van der Waals surface area (Å²) in [4.78, 5) is 38.3. The zero-order valence-electron chi connectivity index (χ0n) is 31.6. The first-order valence-electron chi connectivity index (χ1n) is 17.8. The fourth-order valence-electron chi connectivity index (χ4n) is 5.26. The molecule has 0 atom stereocenters. The number of carbonyl (C=O) groups excluding carboxylic acids is 3. The molecule has 0 aliphatic heterocycles. The van der Waals surface area contributed by atoms with Gasteiger partial charge in [0, 0.05) is 19.0 Å². The second-order valence-corrected chi connectivity index (χ2v) is 14.0. The van der Waals surface area contributed by atoms with Gasteiger partial charge in [0.15, 0.2) is 0 Å². The number of esters is 2. The van der Waals surface area contributed by atoms with E-state index in [0.717, 1.165) is 22.3 Å². The molecule has 13 nitrogen and oxygen atoms in total. The normalized spacial score (nSPS) is 12.7. The minimum absolute atomic E-state index is 0.0544. The van der Waals surface area contributed by atoms with Crippen LogP contribution in [0, 0.1) is 0 Å². The number of carbonyl (C=O) groups is 3. The Morgan fingerprint density at radius 2 is 0.904 bits per heavy atom. The molecule has 0 saturated carbocycles. The van der Waals surface area contributed by atoms with Gasteiger partial charge in [0.2, 0.25) is 0 Å². The van der Waals surface area contributed by atoms with E-state index in [0.29, 0.717) is 52.7 Å². The Bertz CT molecular complexity index is 1280. The van der Waals surface area contributed by atoms with E-state index in [-0.39, 0.29) is 52.2 Å². The van der Waals surface area contributed by atoms with E-state index in [1.807, 2.05) is 24.3 Å². The molecule has 1 amide bonds. The molecule has 2 aromatic carbocycles. The number of amides is 1. The van der Waals surface area contributed by atoms with Crippen molar-refractivity contribution in [2.45, 2.75) is 58.7 Å². The first-order chi connectivity index (χ1) is 24.8. The number of nitrogens with zero attached hydrogens (tertiary/aromatic N) is 1. The third kappa shape index (κ3) is 16.8. The highest BCUT2D eigenvalue weighted by Gasteiger charge is 2.29. The molecule has 1 aliphatic rings. The van der Waals surface area contributed by atoms with Crippen LogP contribution in [0.25, 0.3) is 11.1 Å². The molecular formula is C39H57NO12. The van der Waals surface area contributed by atoms with E-state index in [9.17, 15) is 14.4 Å². The lowest BCUT2D eigenvalue weighted by Crippen LogP contribution is -2.38. The second kappa shape index (κ2) is 22.5. The summed E-state index contributed by atoms with van der Waals surface area (Å²) in [5.41, 5.74) is 3.49. The molecule has 0 saturated heterocycles. The van der Waals surface area contributed by atoms with E-state index in [1.165, 1.54) is 0 Å². The fourth-order valence-corrected chi connectivity index (χ4v) is 5.26. The Morgan fingerprint density at radius 1 is 0.538 bits per heavy atom. The van der Waals surface area contributed by atoms with Crippen molar-refractivity contribution in [2.75, 3.05) is 99.0 Å². The maximum atomic E-state index is 13.4. The van der Waals surface area contributed by atoms with Crippen LogP contribution in [0.2, 0.25) is 0 Å². The van der Waals surface area contributed by atoms with Gasteiger partial charge < -0.3 is 47.5 Å². The van der Waals surface area contributed by atoms with Crippen LogP contribution in [-0.4, -0.2) is 133 Å². The number of ether oxygens (including phenoxy) is 9. The zero-order chi connectivity index (χ0) is 37.8. The largest absolute Gasteiger partial charge is 0.458 e. The van der Waals surface area contributed by atoms with E-state index in [1.54, 1.807) is 46.4 Å². The van der Waals surface area contributed by atoms with Crippen molar-refractivity contribution in [1.29, 1.82) is 0 Å². The van der Waals surface area contributed by atoms with Gasteiger partial charge in [-0.3, -0.25) is 0 Å². The van der Waals surface area contributed by atoms with Gasteiger partial charge in [-0.25, -0.2) is 14.4 Å². The van der Waals surface area contributed by atoms with Crippen molar-refractivity contribution in [1.82, 2.24) is 4.90 Å². The van der Waals surface area contributed by atoms with Crippen LogP contribution in [-0.2, 0) is 52.2 Å². The van der Waals surface area contributed by atoms with Gasteiger partial charge in [0.05, 0.1) is 66.1 Å². The first-order valence-corrected chi connectivity index (χ1v) is 17.8. The minimum Gasteiger partial charge on any atom is -0.458 e. The van der Waals surface area contributed by atoms with E-state index < -0.39 is 29.2 Å². The van der Waals surface area contributed by atoms with Gasteiger partial charge in [-0.15, -0.1) is 0 Å². The van der Waals surface area contributed by atoms with E-state index in [2.05, 4.69) is 24.3 Å². The molecule has 0 aromatic heterocycles. The molecule has 0 unspecified atom stereocenters. The molecule has 290 valence electrons. The highest BCUT2D eigenvalue weighted by molar-refractivity contribution is 5.79. The van der Waals surface area contributed by atoms with Crippen molar-refractivity contribution in [3.8, 4) is 11.1 Å². The number of fused-ring (bicyclic) bond motifs is 3. The standard InChI is InChI=1S/C39H57NO12/c1-38(2,3)51-35(41)28-48-25-23-46-21-19-44-17-15-40(16-18-45-20-22-47-24-26-49-29-36(42)52-39(4,5)6)37(43)50-27-34-32-13-9-7-11-30(32)31-12-8-10-14-33(31)34/h7-14,34H,15-29H2,1-6H3. The molecule has 13 heteroatoms. The Hall–Kier alpha value is -3.59. The van der Waals surface area contributed by atoms with Crippen LogP contribution in [0.4, 0.5) is 4.79 Å². The summed E-state index contributed by atoms with van der Waals surface area (Å²) in [6, 6.07) is 16.4. The third-order valence-corrected chi connectivity index (χ3v) is 7.37. The molecule has 0 fully saturated rings. The van der Waals surface area contributed by atoms with Crippen molar-refractivity contribution < 1.29 is 57.0 Å². The highest BCUT2D eigenvalue weighted by atomic mass is 16.6. The fraction of sp³-hybridized carbons (Fsp3) is 0.615. The van der Waals surface area contributed by atoms with Gasteiger partial charge >= 0.3 is 18.0 Å². The topological polar surface area (TPSA) is 138 Å². The first kappa shape index (κ1) is 42.8. The lowest BCUT2D eigenvalue weighted by atomic mass is 9.98. The number of hydrogen-bond acceptors (Lipinski definition) is 12. The number of rotatable bonds is 24. The van der Waals surface area contributed by atoms with Crippen LogP contribution in [0.3, 0.4) is 0 Å². The van der Waals surface area contributed by atoms with Crippen LogP contribution >= 0.6 is 0 Å². The van der Waals surface area contributed by atoms with Crippen molar-refractivity contribution in [2.24, 2.45) is 0 Å². The van der Waals surface area contributed by atoms with Crippen LogP contribution in [0.1, 0.15) is 58.6 Å². The van der Waals surface area contributed by atoms with Gasteiger partial charge in [-0.05, 0) is 63.8 Å². The predicted molar refractivity (Wildman–Crippen MR) is 193 cm³/mol. The van der Waals surface area contributed by atoms with Crippen molar-refractivity contribution >= 4 is 18.0 Å². The predicted octanol–water partition coefficient (Wildman–Crippen LogP) is 5.02. The third-order valence-electron chi connectivity index (χ3n) is 7.37. The second-order valence-electron chi connectivity index (χ2n) is 14.0. The molecule has 0 radical (unpaired) electrons. The van der Waals surface area contributed by atoms with Crippen LogP contribution in [0.5, 0.6) is 0 Å². The van der Waals surface area contributed by atoms with Crippen molar-refractivity contribution in [3.63, 3.8) is 0 Å². The summed E-state index contributed by atoms with van der Waals surface area (Å²) in [5.74, 6) is -0.898. The summed E-state index contributed by atoms with van der Waals surface area (Å²) >= 11 is 0. The SMILES string of the molecule is CC(C)(C)OC(=O)COCCOCCOCCN(CCOCCOCCOCC(=O)OC(C)(C)C)C(=O)OCC1c2ccccc2-c2ccccc21. The summed E-state index contributed by atoms with van der Waals surface area (Å²) in [5, 5.41) is 0. The quantitative estimate of drug-likeness (QED) is 0.0815. The number of hydrogen-bond donors (Lipinski definition) is 0. The molecule has 0 spiro atoms. The van der Waals surface area contributed by atoms with E-state index >= 15 is 0 Å². The van der Waals surface area contributed by atoms with Crippen molar-refractivity contribution in [3.05, 3.63) is 59.7 Å². The molecule has 2 aromatic rings. The smallest absolute Gasteiger partial charge is 0.409 e. The van der Waals surface area contributed by atoms with Gasteiger partial charge in [-0.1, -0.05) is 48.5 Å². The van der Waals surface area contributed by atoms with Gasteiger partial charge in [0.1, 0.15) is 31.0 Å². The maximum absolute atomic E-state index is 13.4. The Kier molecular flexibility index (Phi) is 18.5. The highest BCUT2D eigenvalue weighted by Crippen LogP contribution is 2.44. The average molecular weight is 732 g/mol. The molecule has 0 bridgehead atoms. The Labute approximate surface area is 308 Å². The monoisotopic (exact) mass is 731 g/mol. The van der Waals surface area contributed by atoms with Crippen LogP contribution < -0.4 is 0 Å². The molecule has 52 heavy (non-hydrogen) atoms.